The number of nitrogens with one attached hydrogen (secondary N) is 1. The third-order valence-electron chi connectivity index (χ3n) is 3.94. The van der Waals surface area contributed by atoms with Gasteiger partial charge in [0.25, 0.3) is 5.91 Å². The van der Waals surface area contributed by atoms with Crippen LogP contribution >= 0.6 is 23.2 Å². The first-order valence-corrected chi connectivity index (χ1v) is 9.25. The van der Waals surface area contributed by atoms with E-state index in [0.29, 0.717) is 16.5 Å². The Hall–Kier alpha value is -2.76. The van der Waals surface area contributed by atoms with Gasteiger partial charge in [0.05, 0.1) is 5.02 Å². The average Bonchev–Trinajstić information content (AvgIpc) is 2.68. The van der Waals surface area contributed by atoms with Gasteiger partial charge in [-0.3, -0.25) is 4.79 Å². The van der Waals surface area contributed by atoms with Crippen LogP contribution in [0.3, 0.4) is 0 Å². The van der Waals surface area contributed by atoms with Gasteiger partial charge < -0.3 is 14.8 Å². The van der Waals surface area contributed by atoms with Gasteiger partial charge >= 0.3 is 5.97 Å². The van der Waals surface area contributed by atoms with Gasteiger partial charge in [-0.05, 0) is 36.6 Å². The smallest absolute Gasteiger partial charge is 0.347 e. The van der Waals surface area contributed by atoms with Crippen LogP contribution in [0.25, 0.3) is 10.8 Å². The zero-order valence-corrected chi connectivity index (χ0v) is 16.5. The Kier molecular flexibility index (Phi) is 6.39. The zero-order chi connectivity index (χ0) is 20.1. The van der Waals surface area contributed by atoms with Crippen molar-refractivity contribution < 1.29 is 19.1 Å². The van der Waals surface area contributed by atoms with Crippen LogP contribution in [0.4, 0.5) is 5.69 Å². The van der Waals surface area contributed by atoms with Crippen molar-refractivity contribution in [1.82, 2.24) is 0 Å². The second-order valence-electron chi connectivity index (χ2n) is 6.02. The molecule has 0 bridgehead atoms. The average molecular weight is 418 g/mol. The monoisotopic (exact) mass is 417 g/mol. The largest absolute Gasteiger partial charge is 0.477 e. The molecule has 0 saturated carbocycles. The highest BCUT2D eigenvalue weighted by atomic mass is 35.5. The minimum Gasteiger partial charge on any atom is -0.477 e. The number of hydrogen-bond donors (Lipinski definition) is 1. The molecule has 0 aliphatic carbocycles. The summed E-state index contributed by atoms with van der Waals surface area (Å²) in [5.41, 5.74) is 0.649. The molecule has 5 nitrogen and oxygen atoms in total. The van der Waals surface area contributed by atoms with Gasteiger partial charge in [0.15, 0.2) is 12.7 Å². The lowest BCUT2D eigenvalue weighted by molar-refractivity contribution is -0.153. The molecule has 0 unspecified atom stereocenters. The van der Waals surface area contributed by atoms with E-state index in [2.05, 4.69) is 5.32 Å². The van der Waals surface area contributed by atoms with Crippen molar-refractivity contribution in [3.63, 3.8) is 0 Å². The van der Waals surface area contributed by atoms with E-state index in [-0.39, 0.29) is 5.02 Å². The number of fused-ring (bicyclic) bond motifs is 1. The third kappa shape index (κ3) is 4.94. The van der Waals surface area contributed by atoms with E-state index >= 15 is 0 Å². The fourth-order valence-electron chi connectivity index (χ4n) is 2.58. The molecule has 3 rings (SSSR count). The molecule has 1 atom stereocenters. The van der Waals surface area contributed by atoms with E-state index in [0.717, 1.165) is 10.8 Å². The van der Waals surface area contributed by atoms with Crippen molar-refractivity contribution in [3.05, 3.63) is 70.7 Å². The first-order valence-electron chi connectivity index (χ1n) is 8.50. The molecule has 7 heteroatoms. The Morgan fingerprint density at radius 3 is 2.57 bits per heavy atom. The topological polar surface area (TPSA) is 64.6 Å². The van der Waals surface area contributed by atoms with Crippen LogP contribution in [-0.4, -0.2) is 24.6 Å². The van der Waals surface area contributed by atoms with E-state index in [1.807, 2.05) is 36.4 Å². The van der Waals surface area contributed by atoms with Gasteiger partial charge in [-0.15, -0.1) is 0 Å². The number of carbonyl (C=O) groups excluding carboxylic acids is 2. The number of carbonyl (C=O) groups is 2. The Morgan fingerprint density at radius 1 is 1.04 bits per heavy atom. The second kappa shape index (κ2) is 8.95. The maximum Gasteiger partial charge on any atom is 0.347 e. The van der Waals surface area contributed by atoms with Crippen LogP contribution < -0.4 is 10.1 Å². The lowest BCUT2D eigenvalue weighted by Gasteiger charge is -2.15. The quantitative estimate of drug-likeness (QED) is 0.566. The number of rotatable bonds is 6. The third-order valence-corrected chi connectivity index (χ3v) is 4.47. The highest BCUT2D eigenvalue weighted by Crippen LogP contribution is 2.28. The summed E-state index contributed by atoms with van der Waals surface area (Å²) in [6.45, 7) is 1.08. The molecule has 0 aliphatic heterocycles. The lowest BCUT2D eigenvalue weighted by Crippen LogP contribution is -2.29. The van der Waals surface area contributed by atoms with Crippen LogP contribution in [0.1, 0.15) is 6.92 Å². The van der Waals surface area contributed by atoms with Crippen LogP contribution in [0.15, 0.2) is 60.7 Å². The van der Waals surface area contributed by atoms with E-state index in [9.17, 15) is 9.59 Å². The van der Waals surface area contributed by atoms with Crippen molar-refractivity contribution in [2.24, 2.45) is 0 Å². The van der Waals surface area contributed by atoms with Gasteiger partial charge in [0.2, 0.25) is 0 Å². The molecule has 0 aliphatic rings. The first-order chi connectivity index (χ1) is 13.4. The van der Waals surface area contributed by atoms with Gasteiger partial charge in [-0.1, -0.05) is 59.6 Å². The molecule has 3 aromatic rings. The molecule has 0 saturated heterocycles. The normalized spacial score (nSPS) is 11.7. The molecule has 28 heavy (non-hydrogen) atoms. The van der Waals surface area contributed by atoms with Crippen LogP contribution in [-0.2, 0) is 14.3 Å². The highest BCUT2D eigenvalue weighted by molar-refractivity contribution is 6.35. The fourth-order valence-corrected chi connectivity index (χ4v) is 3.04. The first kappa shape index (κ1) is 20.0. The number of hydrogen-bond acceptors (Lipinski definition) is 4. The number of esters is 1. The number of benzene rings is 3. The molecule has 1 N–H and O–H groups in total. The summed E-state index contributed by atoms with van der Waals surface area (Å²) in [5.74, 6) is -0.823. The summed E-state index contributed by atoms with van der Waals surface area (Å²) in [6, 6.07) is 17.9. The van der Waals surface area contributed by atoms with Crippen molar-refractivity contribution >= 4 is 51.5 Å². The summed E-state index contributed by atoms with van der Waals surface area (Å²) in [4.78, 5) is 24.3. The molecule has 0 fully saturated rings. The zero-order valence-electron chi connectivity index (χ0n) is 14.9. The summed E-state index contributed by atoms with van der Waals surface area (Å²) < 4.78 is 10.5. The Bertz CT molecular complexity index is 1020. The maximum absolute atomic E-state index is 12.2. The minimum absolute atomic E-state index is 0.279. The summed E-state index contributed by atoms with van der Waals surface area (Å²) >= 11 is 11.8. The van der Waals surface area contributed by atoms with E-state index in [1.165, 1.54) is 13.0 Å². The standard InChI is InChI=1S/C21H17Cl2NO4/c1-13(28-19-10-9-15(22)11-17(19)23)21(26)27-12-20(25)24-18-8-4-6-14-5-2-3-7-16(14)18/h2-11,13H,12H2,1H3,(H,24,25)/t13-/m1/s1. The number of amides is 1. The van der Waals surface area contributed by atoms with E-state index in [4.69, 9.17) is 32.7 Å². The number of ether oxygens (including phenoxy) is 2. The molecule has 0 heterocycles. The molecule has 0 radical (unpaired) electrons. The lowest BCUT2D eigenvalue weighted by atomic mass is 10.1. The Morgan fingerprint density at radius 2 is 1.79 bits per heavy atom. The van der Waals surface area contributed by atoms with Gasteiger partial charge in [-0.2, -0.15) is 0 Å². The summed E-state index contributed by atoms with van der Waals surface area (Å²) in [7, 11) is 0. The van der Waals surface area contributed by atoms with E-state index < -0.39 is 24.6 Å². The number of anilines is 1. The highest BCUT2D eigenvalue weighted by Gasteiger charge is 2.19. The maximum atomic E-state index is 12.2. The van der Waals surface area contributed by atoms with Crippen LogP contribution in [0.5, 0.6) is 5.75 Å². The predicted octanol–water partition coefficient (Wildman–Crippen LogP) is 5.10. The fraction of sp³-hybridized carbons (Fsp3) is 0.143. The van der Waals surface area contributed by atoms with Gasteiger partial charge in [0, 0.05) is 16.1 Å². The SMILES string of the molecule is C[C@@H](Oc1ccc(Cl)cc1Cl)C(=O)OCC(=O)Nc1cccc2ccccc12. The van der Waals surface area contributed by atoms with Crippen molar-refractivity contribution in [3.8, 4) is 5.75 Å². The Balaban J connectivity index is 1.55. The minimum atomic E-state index is -0.941. The summed E-state index contributed by atoms with van der Waals surface area (Å²) in [5, 5.41) is 5.39. The molecular weight excluding hydrogens is 401 g/mol. The van der Waals surface area contributed by atoms with Crippen LogP contribution in [0.2, 0.25) is 10.0 Å². The molecule has 1 amide bonds. The molecule has 0 aromatic heterocycles. The van der Waals surface area contributed by atoms with Crippen molar-refractivity contribution in [2.45, 2.75) is 13.0 Å². The second-order valence-corrected chi connectivity index (χ2v) is 6.86. The Labute approximate surface area is 172 Å². The molecule has 3 aromatic carbocycles. The van der Waals surface area contributed by atoms with E-state index in [1.54, 1.807) is 18.2 Å². The van der Waals surface area contributed by atoms with Crippen molar-refractivity contribution in [2.75, 3.05) is 11.9 Å². The number of halogens is 2. The predicted molar refractivity (Wildman–Crippen MR) is 110 cm³/mol. The summed E-state index contributed by atoms with van der Waals surface area (Å²) in [6.07, 6.45) is -0.941. The molecule has 144 valence electrons. The van der Waals surface area contributed by atoms with Crippen LogP contribution in [0, 0.1) is 0 Å². The molecule has 0 spiro atoms. The molecular formula is C21H17Cl2NO4. The van der Waals surface area contributed by atoms with Crippen molar-refractivity contribution in [1.29, 1.82) is 0 Å². The van der Waals surface area contributed by atoms with Gasteiger partial charge in [0.1, 0.15) is 5.75 Å². The van der Waals surface area contributed by atoms with Gasteiger partial charge in [-0.25, -0.2) is 4.79 Å².